The highest BCUT2D eigenvalue weighted by molar-refractivity contribution is 8.03. The first kappa shape index (κ1) is 18.3. The first-order chi connectivity index (χ1) is 12.6. The number of nitrogens with zero attached hydrogens (tertiary/aromatic N) is 2. The minimum Gasteiger partial charge on any atom is -0.478 e. The van der Waals surface area contributed by atoms with Crippen molar-refractivity contribution in [2.24, 2.45) is 0 Å². The minimum absolute atomic E-state index is 0.240. The maximum absolute atomic E-state index is 12.9. The van der Waals surface area contributed by atoms with Crippen LogP contribution in [0, 0.1) is 5.82 Å². The second-order valence-corrected chi connectivity index (χ2v) is 6.89. The van der Waals surface area contributed by atoms with Crippen molar-refractivity contribution in [1.82, 2.24) is 9.88 Å². The summed E-state index contributed by atoms with van der Waals surface area (Å²) >= 11 is 1.52. The molecule has 2 heterocycles. The Morgan fingerprint density at radius 3 is 2.85 bits per heavy atom. The van der Waals surface area contributed by atoms with Crippen molar-refractivity contribution in [2.75, 3.05) is 12.3 Å². The average molecular weight is 374 g/mol. The van der Waals surface area contributed by atoms with Crippen molar-refractivity contribution in [2.45, 2.75) is 19.4 Å². The van der Waals surface area contributed by atoms with Gasteiger partial charge < -0.3 is 14.4 Å². The smallest absolute Gasteiger partial charge is 0.338 e. The van der Waals surface area contributed by atoms with Crippen LogP contribution in [0.2, 0.25) is 0 Å². The van der Waals surface area contributed by atoms with E-state index in [1.807, 2.05) is 11.0 Å². The third-order valence-electron chi connectivity index (χ3n) is 3.93. The van der Waals surface area contributed by atoms with Crippen molar-refractivity contribution >= 4 is 17.7 Å². The number of hydrogen-bond acceptors (Lipinski definition) is 5. The number of aliphatic carboxylic acids is 1. The summed E-state index contributed by atoms with van der Waals surface area (Å²) in [7, 11) is 0. The second-order valence-electron chi connectivity index (χ2n) is 5.81. The van der Waals surface area contributed by atoms with Gasteiger partial charge in [0.05, 0.1) is 23.3 Å². The summed E-state index contributed by atoms with van der Waals surface area (Å²) < 4.78 is 18.2. The molecule has 26 heavy (non-hydrogen) atoms. The van der Waals surface area contributed by atoms with Crippen LogP contribution in [-0.4, -0.2) is 33.3 Å². The number of carboxylic acids is 1. The van der Waals surface area contributed by atoms with E-state index < -0.39 is 5.97 Å². The molecule has 136 valence electrons. The van der Waals surface area contributed by atoms with Crippen LogP contribution in [0.25, 0.3) is 0 Å². The second kappa shape index (κ2) is 8.71. The Morgan fingerprint density at radius 2 is 2.15 bits per heavy atom. The molecule has 0 bridgehead atoms. The van der Waals surface area contributed by atoms with Gasteiger partial charge in [-0.25, -0.2) is 14.2 Å². The molecule has 1 aromatic heterocycles. The van der Waals surface area contributed by atoms with E-state index in [-0.39, 0.29) is 11.4 Å². The topological polar surface area (TPSA) is 66.6 Å². The third kappa shape index (κ3) is 4.76. The van der Waals surface area contributed by atoms with Gasteiger partial charge in [-0.2, -0.15) is 0 Å². The molecule has 1 aliphatic rings. The maximum atomic E-state index is 12.9. The Hall–Kier alpha value is -2.54. The Bertz CT molecular complexity index is 801. The molecule has 1 N–H and O–H groups in total. The molecule has 5 nitrogen and oxygen atoms in total. The number of aromatic nitrogens is 1. The van der Waals surface area contributed by atoms with Gasteiger partial charge in [0.25, 0.3) is 0 Å². The first-order valence-corrected chi connectivity index (χ1v) is 9.26. The van der Waals surface area contributed by atoms with Crippen LogP contribution < -0.4 is 0 Å². The maximum Gasteiger partial charge on any atom is 0.338 e. The van der Waals surface area contributed by atoms with Crippen LogP contribution in [-0.2, 0) is 17.8 Å². The summed E-state index contributed by atoms with van der Waals surface area (Å²) in [6, 6.07) is 6.47. The van der Waals surface area contributed by atoms with Gasteiger partial charge in [-0.3, -0.25) is 0 Å². The molecular formula is C19H19FN2O3S. The van der Waals surface area contributed by atoms with E-state index in [1.165, 1.54) is 30.2 Å². The normalized spacial score (nSPS) is 14.1. The van der Waals surface area contributed by atoms with Crippen LogP contribution in [0.1, 0.15) is 17.9 Å². The van der Waals surface area contributed by atoms with Crippen molar-refractivity contribution in [3.8, 4) is 0 Å². The van der Waals surface area contributed by atoms with Gasteiger partial charge in [0.2, 0.25) is 5.89 Å². The fourth-order valence-corrected chi connectivity index (χ4v) is 3.80. The van der Waals surface area contributed by atoms with Crippen molar-refractivity contribution in [3.05, 3.63) is 76.8 Å². The highest BCUT2D eigenvalue weighted by Gasteiger charge is 2.22. The van der Waals surface area contributed by atoms with Crippen LogP contribution >= 0.6 is 11.8 Å². The summed E-state index contributed by atoms with van der Waals surface area (Å²) in [4.78, 5) is 17.6. The van der Waals surface area contributed by atoms with Crippen molar-refractivity contribution in [3.63, 3.8) is 0 Å². The molecule has 3 rings (SSSR count). The van der Waals surface area contributed by atoms with E-state index in [0.717, 1.165) is 29.2 Å². The summed E-state index contributed by atoms with van der Waals surface area (Å²) in [6.45, 7) is 1.04. The molecule has 0 saturated heterocycles. The van der Waals surface area contributed by atoms with Crippen LogP contribution in [0.5, 0.6) is 0 Å². The molecule has 2 aromatic rings. The van der Waals surface area contributed by atoms with Gasteiger partial charge in [0.15, 0.2) is 0 Å². The van der Waals surface area contributed by atoms with Crippen LogP contribution in [0.3, 0.4) is 0 Å². The van der Waals surface area contributed by atoms with E-state index in [1.54, 1.807) is 24.4 Å². The molecular weight excluding hydrogens is 355 g/mol. The fraction of sp³-hybridized carbons (Fsp3) is 0.263. The molecule has 0 fully saturated rings. The predicted octanol–water partition coefficient (Wildman–Crippen LogP) is 3.85. The number of hydrogen-bond donors (Lipinski definition) is 1. The SMILES string of the molecule is O=C(O)C1=C(SCCCc2ccc(F)cc2)N(Cc2ncco2)CC=C1. The minimum atomic E-state index is -0.945. The lowest BCUT2D eigenvalue weighted by Crippen LogP contribution is -2.27. The van der Waals surface area contributed by atoms with E-state index in [4.69, 9.17) is 4.42 Å². The molecule has 0 amide bonds. The van der Waals surface area contributed by atoms with Gasteiger partial charge in [-0.05, 0) is 42.4 Å². The highest BCUT2D eigenvalue weighted by Crippen LogP contribution is 2.30. The summed E-state index contributed by atoms with van der Waals surface area (Å²) in [5.41, 5.74) is 1.36. The molecule has 0 unspecified atom stereocenters. The number of aryl methyl sites for hydroxylation is 1. The molecule has 1 aliphatic heterocycles. The predicted molar refractivity (Wildman–Crippen MR) is 97.9 cm³/mol. The van der Waals surface area contributed by atoms with E-state index in [2.05, 4.69) is 4.98 Å². The van der Waals surface area contributed by atoms with Crippen molar-refractivity contribution in [1.29, 1.82) is 0 Å². The fourth-order valence-electron chi connectivity index (χ4n) is 2.68. The zero-order valence-corrected chi connectivity index (χ0v) is 14.9. The molecule has 0 spiro atoms. The lowest BCUT2D eigenvalue weighted by molar-refractivity contribution is -0.132. The summed E-state index contributed by atoms with van der Waals surface area (Å²) in [6.07, 6.45) is 8.24. The Balaban J connectivity index is 1.63. The molecule has 0 saturated carbocycles. The van der Waals surface area contributed by atoms with Gasteiger partial charge in [0, 0.05) is 6.54 Å². The summed E-state index contributed by atoms with van der Waals surface area (Å²) in [5.74, 6) is 0.128. The molecule has 0 radical (unpaired) electrons. The molecule has 0 atom stereocenters. The van der Waals surface area contributed by atoms with Gasteiger partial charge >= 0.3 is 5.97 Å². The molecule has 0 aliphatic carbocycles. The largest absolute Gasteiger partial charge is 0.478 e. The molecule has 1 aromatic carbocycles. The van der Waals surface area contributed by atoms with E-state index in [0.29, 0.717) is 19.0 Å². The Labute approximate surface area is 155 Å². The monoisotopic (exact) mass is 374 g/mol. The first-order valence-electron chi connectivity index (χ1n) is 8.28. The zero-order valence-electron chi connectivity index (χ0n) is 14.1. The van der Waals surface area contributed by atoms with E-state index in [9.17, 15) is 14.3 Å². The van der Waals surface area contributed by atoms with Crippen molar-refractivity contribution < 1.29 is 18.7 Å². The quantitative estimate of drug-likeness (QED) is 0.708. The Kier molecular flexibility index (Phi) is 6.12. The Morgan fingerprint density at radius 1 is 1.35 bits per heavy atom. The van der Waals surface area contributed by atoms with Crippen LogP contribution in [0.4, 0.5) is 4.39 Å². The number of thioether (sulfide) groups is 1. The zero-order chi connectivity index (χ0) is 18.4. The van der Waals surface area contributed by atoms with Gasteiger partial charge in [-0.1, -0.05) is 18.2 Å². The molecule has 7 heteroatoms. The van der Waals surface area contributed by atoms with Gasteiger partial charge in [-0.15, -0.1) is 11.8 Å². The lowest BCUT2D eigenvalue weighted by Gasteiger charge is -2.28. The number of carboxylic acid groups (broad SMARTS) is 1. The average Bonchev–Trinajstić information content (AvgIpc) is 3.14. The van der Waals surface area contributed by atoms with Crippen LogP contribution in [0.15, 0.2) is 63.9 Å². The third-order valence-corrected chi connectivity index (χ3v) is 5.17. The van der Waals surface area contributed by atoms with E-state index >= 15 is 0 Å². The van der Waals surface area contributed by atoms with Gasteiger partial charge in [0.1, 0.15) is 12.1 Å². The number of halogens is 1. The number of carbonyl (C=O) groups is 1. The highest BCUT2D eigenvalue weighted by atomic mass is 32.2. The standard InChI is InChI=1S/C19H19FN2O3S/c20-15-7-5-14(6-8-15)3-2-12-26-18-16(19(23)24)4-1-10-22(18)13-17-21-9-11-25-17/h1,4-9,11H,2-3,10,12-13H2,(H,23,24). The number of benzene rings is 1. The number of oxazole rings is 1. The lowest BCUT2D eigenvalue weighted by atomic mass is 10.1. The summed E-state index contributed by atoms with van der Waals surface area (Å²) in [5, 5.41) is 10.2. The number of rotatable bonds is 8.